The molecule has 1 spiro atoms. The third-order valence-electron chi connectivity index (χ3n) is 5.75. The number of likely N-dealkylation sites (tertiary alicyclic amines) is 1. The standard InChI is InChI=1S/C19H34N4O/c1-2-20-18(21-13-6-7-17(24)22-16-8-9-16)23-14-12-19(15-23)10-4-3-5-11-19/h16H,2-15H2,1H3,(H,20,21)(H,22,24). The van der Waals surface area contributed by atoms with E-state index < -0.39 is 0 Å². The molecule has 0 atom stereocenters. The van der Waals surface area contributed by atoms with E-state index in [0.29, 0.717) is 17.9 Å². The first-order chi connectivity index (χ1) is 11.7. The van der Waals surface area contributed by atoms with Crippen LogP contribution in [0.4, 0.5) is 0 Å². The maximum atomic E-state index is 11.7. The fraction of sp³-hybridized carbons (Fsp3) is 0.895. The third kappa shape index (κ3) is 4.87. The van der Waals surface area contributed by atoms with Gasteiger partial charge in [0.25, 0.3) is 0 Å². The number of hydrogen-bond acceptors (Lipinski definition) is 2. The van der Waals surface area contributed by atoms with Gasteiger partial charge < -0.3 is 15.5 Å². The summed E-state index contributed by atoms with van der Waals surface area (Å²) in [6, 6.07) is 0.467. The van der Waals surface area contributed by atoms with Crippen molar-refractivity contribution in [3.05, 3.63) is 0 Å². The van der Waals surface area contributed by atoms with E-state index in [9.17, 15) is 4.79 Å². The number of aliphatic imine (C=N–C) groups is 1. The predicted octanol–water partition coefficient (Wildman–Crippen LogP) is 2.67. The molecule has 0 aromatic rings. The van der Waals surface area contributed by atoms with Crippen LogP contribution in [0.2, 0.25) is 0 Å². The zero-order chi connectivity index (χ0) is 16.8. The molecule has 1 aliphatic heterocycles. The van der Waals surface area contributed by atoms with Crippen LogP contribution in [0, 0.1) is 5.41 Å². The summed E-state index contributed by atoms with van der Waals surface area (Å²) in [5, 5.41) is 6.50. The largest absolute Gasteiger partial charge is 0.357 e. The van der Waals surface area contributed by atoms with Gasteiger partial charge in [0.1, 0.15) is 0 Å². The Morgan fingerprint density at radius 2 is 2.00 bits per heavy atom. The average Bonchev–Trinajstić information content (AvgIpc) is 3.31. The molecule has 0 bridgehead atoms. The number of guanidine groups is 1. The fourth-order valence-electron chi connectivity index (χ4n) is 4.20. The van der Waals surface area contributed by atoms with Crippen molar-refractivity contribution in [2.24, 2.45) is 10.4 Å². The molecule has 3 rings (SSSR count). The molecular formula is C19H34N4O. The van der Waals surface area contributed by atoms with Crippen LogP contribution >= 0.6 is 0 Å². The van der Waals surface area contributed by atoms with E-state index >= 15 is 0 Å². The number of rotatable bonds is 6. The van der Waals surface area contributed by atoms with Crippen LogP contribution in [0.3, 0.4) is 0 Å². The van der Waals surface area contributed by atoms with Crippen molar-refractivity contribution in [1.82, 2.24) is 15.5 Å². The number of amides is 1. The van der Waals surface area contributed by atoms with Crippen LogP contribution in [0.15, 0.2) is 4.99 Å². The van der Waals surface area contributed by atoms with Crippen molar-refractivity contribution in [3.8, 4) is 0 Å². The van der Waals surface area contributed by atoms with Crippen LogP contribution < -0.4 is 10.6 Å². The molecule has 0 radical (unpaired) electrons. The van der Waals surface area contributed by atoms with E-state index in [-0.39, 0.29) is 5.91 Å². The minimum Gasteiger partial charge on any atom is -0.357 e. The lowest BCUT2D eigenvalue weighted by Gasteiger charge is -2.33. The molecule has 2 aliphatic carbocycles. The van der Waals surface area contributed by atoms with Crippen LogP contribution in [0.1, 0.15) is 71.1 Å². The molecule has 1 saturated heterocycles. The highest BCUT2D eigenvalue weighted by atomic mass is 16.1. The zero-order valence-corrected chi connectivity index (χ0v) is 15.3. The molecular weight excluding hydrogens is 300 g/mol. The quantitative estimate of drug-likeness (QED) is 0.446. The second-order valence-corrected chi connectivity index (χ2v) is 7.91. The highest BCUT2D eigenvalue weighted by Crippen LogP contribution is 2.43. The summed E-state index contributed by atoms with van der Waals surface area (Å²) in [4.78, 5) is 19.0. The Bertz CT molecular complexity index is 452. The van der Waals surface area contributed by atoms with Gasteiger partial charge in [0.05, 0.1) is 0 Å². The van der Waals surface area contributed by atoms with Gasteiger partial charge >= 0.3 is 0 Å². The van der Waals surface area contributed by atoms with Gasteiger partial charge in [-0.25, -0.2) is 0 Å². The summed E-state index contributed by atoms with van der Waals surface area (Å²) in [7, 11) is 0. The third-order valence-corrected chi connectivity index (χ3v) is 5.75. The lowest BCUT2D eigenvalue weighted by Crippen LogP contribution is -2.41. The normalized spacial score (nSPS) is 23.5. The summed E-state index contributed by atoms with van der Waals surface area (Å²) in [5.74, 6) is 1.25. The lowest BCUT2D eigenvalue weighted by atomic mass is 9.73. The van der Waals surface area contributed by atoms with Crippen molar-refractivity contribution in [2.75, 3.05) is 26.2 Å². The molecule has 2 saturated carbocycles. The molecule has 3 fully saturated rings. The Hall–Kier alpha value is -1.26. The minimum atomic E-state index is 0.194. The maximum Gasteiger partial charge on any atom is 0.220 e. The van der Waals surface area contributed by atoms with E-state index in [4.69, 9.17) is 4.99 Å². The van der Waals surface area contributed by atoms with Gasteiger partial charge in [0.15, 0.2) is 5.96 Å². The van der Waals surface area contributed by atoms with Crippen molar-refractivity contribution >= 4 is 11.9 Å². The lowest BCUT2D eigenvalue weighted by molar-refractivity contribution is -0.121. The summed E-state index contributed by atoms with van der Waals surface area (Å²) >= 11 is 0. The number of nitrogens with one attached hydrogen (secondary N) is 2. The molecule has 1 heterocycles. The van der Waals surface area contributed by atoms with Crippen molar-refractivity contribution in [1.29, 1.82) is 0 Å². The average molecular weight is 335 g/mol. The van der Waals surface area contributed by atoms with E-state index in [2.05, 4.69) is 22.5 Å². The van der Waals surface area contributed by atoms with Gasteiger partial charge in [-0.3, -0.25) is 9.79 Å². The van der Waals surface area contributed by atoms with Gasteiger partial charge in [-0.1, -0.05) is 19.3 Å². The minimum absolute atomic E-state index is 0.194. The van der Waals surface area contributed by atoms with E-state index in [1.807, 2.05) is 0 Å². The van der Waals surface area contributed by atoms with Gasteiger partial charge in [-0.2, -0.15) is 0 Å². The van der Waals surface area contributed by atoms with Gasteiger partial charge in [-0.05, 0) is 50.9 Å². The van der Waals surface area contributed by atoms with Crippen LogP contribution in [0.5, 0.6) is 0 Å². The summed E-state index contributed by atoms with van der Waals surface area (Å²) in [6.45, 7) is 6.08. The Balaban J connectivity index is 1.45. The molecule has 5 heteroatoms. The second-order valence-electron chi connectivity index (χ2n) is 7.91. The van der Waals surface area contributed by atoms with E-state index in [1.165, 1.54) is 45.1 Å². The molecule has 3 aliphatic rings. The molecule has 1 amide bonds. The molecule has 24 heavy (non-hydrogen) atoms. The van der Waals surface area contributed by atoms with Crippen molar-refractivity contribution < 1.29 is 4.79 Å². The topological polar surface area (TPSA) is 56.7 Å². The zero-order valence-electron chi connectivity index (χ0n) is 15.3. The van der Waals surface area contributed by atoms with Gasteiger partial charge in [0, 0.05) is 38.6 Å². The number of carbonyl (C=O) groups is 1. The first-order valence-corrected chi connectivity index (χ1v) is 10.0. The SMILES string of the molecule is CCNC(=NCCCC(=O)NC1CC1)N1CCC2(CCCCC2)C1. The van der Waals surface area contributed by atoms with Gasteiger partial charge in [-0.15, -0.1) is 0 Å². The highest BCUT2D eigenvalue weighted by Gasteiger charge is 2.39. The van der Waals surface area contributed by atoms with Gasteiger partial charge in [0.2, 0.25) is 5.91 Å². The second kappa shape index (κ2) is 8.21. The Kier molecular flexibility index (Phi) is 6.01. The van der Waals surface area contributed by atoms with Crippen LogP contribution in [0.25, 0.3) is 0 Å². The van der Waals surface area contributed by atoms with Crippen LogP contribution in [-0.4, -0.2) is 49.0 Å². The molecule has 136 valence electrons. The van der Waals surface area contributed by atoms with E-state index in [0.717, 1.165) is 44.9 Å². The maximum absolute atomic E-state index is 11.7. The first-order valence-electron chi connectivity index (χ1n) is 10.0. The summed E-state index contributed by atoms with van der Waals surface area (Å²) < 4.78 is 0. The number of carbonyl (C=O) groups excluding carboxylic acids is 1. The van der Waals surface area contributed by atoms with Crippen LogP contribution in [-0.2, 0) is 4.79 Å². The monoisotopic (exact) mass is 334 g/mol. The molecule has 2 N–H and O–H groups in total. The molecule has 0 aromatic carbocycles. The molecule has 0 aromatic heterocycles. The first kappa shape index (κ1) is 17.6. The molecule has 0 unspecified atom stereocenters. The highest BCUT2D eigenvalue weighted by molar-refractivity contribution is 5.80. The number of hydrogen-bond donors (Lipinski definition) is 2. The Morgan fingerprint density at radius 3 is 2.71 bits per heavy atom. The number of nitrogens with zero attached hydrogens (tertiary/aromatic N) is 2. The predicted molar refractivity (Wildman–Crippen MR) is 98.1 cm³/mol. The fourth-order valence-corrected chi connectivity index (χ4v) is 4.20. The molecule has 5 nitrogen and oxygen atoms in total. The van der Waals surface area contributed by atoms with E-state index in [1.54, 1.807) is 0 Å². The summed E-state index contributed by atoms with van der Waals surface area (Å²) in [6.07, 6.45) is 12.1. The Labute approximate surface area is 146 Å². The smallest absolute Gasteiger partial charge is 0.220 e. The van der Waals surface area contributed by atoms with Crippen molar-refractivity contribution in [3.63, 3.8) is 0 Å². The summed E-state index contributed by atoms with van der Waals surface area (Å²) in [5.41, 5.74) is 0.554. The Morgan fingerprint density at radius 1 is 1.21 bits per heavy atom. The van der Waals surface area contributed by atoms with Crippen molar-refractivity contribution in [2.45, 2.75) is 77.2 Å².